The van der Waals surface area contributed by atoms with Crippen LogP contribution in [-0.4, -0.2) is 32.1 Å². The highest BCUT2D eigenvalue weighted by Gasteiger charge is 2.11. The zero-order valence-corrected chi connectivity index (χ0v) is 17.6. The van der Waals surface area contributed by atoms with E-state index in [0.717, 1.165) is 28.7 Å². The zero-order valence-electron chi connectivity index (χ0n) is 17.6. The van der Waals surface area contributed by atoms with Gasteiger partial charge in [0.2, 0.25) is 6.43 Å². The maximum Gasteiger partial charge on any atom is 0.239 e. The van der Waals surface area contributed by atoms with Gasteiger partial charge in [-0.1, -0.05) is 37.8 Å². The quantitative estimate of drug-likeness (QED) is 0.360. The summed E-state index contributed by atoms with van der Waals surface area (Å²) in [6.45, 7) is 13.8. The molecule has 0 spiro atoms. The van der Waals surface area contributed by atoms with Crippen LogP contribution in [0.25, 0.3) is 0 Å². The lowest BCUT2D eigenvalue weighted by Gasteiger charge is -2.15. The molecule has 1 unspecified atom stereocenters. The topological polar surface area (TPSA) is 37.1 Å². The predicted molar refractivity (Wildman–Crippen MR) is 122 cm³/mol. The molecule has 0 fully saturated rings. The van der Waals surface area contributed by atoms with Gasteiger partial charge in [-0.2, -0.15) is 0 Å². The number of aryl methyl sites for hydroxylation is 2. The number of nitrogens with zero attached hydrogens (tertiary/aromatic N) is 3. The summed E-state index contributed by atoms with van der Waals surface area (Å²) in [6.07, 6.45) is 7.57. The Balaban J connectivity index is 2.71. The third kappa shape index (κ3) is 9.88. The molecule has 0 saturated carbocycles. The molecule has 1 atom stereocenters. The molecule has 0 aliphatic rings. The van der Waals surface area contributed by atoms with Crippen LogP contribution in [-0.2, 0) is 6.42 Å². The Morgan fingerprint density at radius 2 is 2.03 bits per heavy atom. The van der Waals surface area contributed by atoms with Crippen molar-refractivity contribution in [1.82, 2.24) is 0 Å². The van der Waals surface area contributed by atoms with E-state index in [-0.39, 0.29) is 12.3 Å². The molecule has 0 N–H and O–H groups in total. The third-order valence-corrected chi connectivity index (χ3v) is 4.56. The summed E-state index contributed by atoms with van der Waals surface area (Å²) < 4.78 is 25.1. The standard InChI is InChI=1S/C24H31F2N3/c1-6-21(17-29-20(4)16-28-13-7-12-27-5)14-19(3)23-9-8-18(2)22(15-23)10-11-24(25)26/h6-9,12-13,15,17,19,24H,4-5,10-11,14,16H2,1-3H3/b12-7-,21-6-,28-13?,29-17?. The van der Waals surface area contributed by atoms with E-state index < -0.39 is 6.43 Å². The molecule has 0 aliphatic heterocycles. The number of hydrogen-bond acceptors (Lipinski definition) is 3. The normalized spacial score (nSPS) is 13.8. The minimum absolute atomic E-state index is 0.101. The van der Waals surface area contributed by atoms with E-state index in [2.05, 4.69) is 47.3 Å². The van der Waals surface area contributed by atoms with E-state index in [1.54, 1.807) is 18.5 Å². The Bertz CT molecular complexity index is 789. The molecule has 0 amide bonds. The lowest BCUT2D eigenvalue weighted by molar-refractivity contribution is 0.138. The van der Waals surface area contributed by atoms with Gasteiger partial charge in [-0.25, -0.2) is 8.78 Å². The van der Waals surface area contributed by atoms with Crippen LogP contribution in [0.15, 0.2) is 69.4 Å². The van der Waals surface area contributed by atoms with Crippen molar-refractivity contribution < 1.29 is 8.78 Å². The molecule has 1 aromatic carbocycles. The number of aliphatic imine (C=N–C) groups is 3. The maximum atomic E-state index is 12.6. The van der Waals surface area contributed by atoms with Crippen LogP contribution in [0.5, 0.6) is 0 Å². The maximum absolute atomic E-state index is 12.6. The largest absolute Gasteiger partial charge is 0.287 e. The molecule has 0 radical (unpaired) electrons. The molecule has 0 heterocycles. The van der Waals surface area contributed by atoms with Crippen molar-refractivity contribution in [1.29, 1.82) is 0 Å². The lowest BCUT2D eigenvalue weighted by Crippen LogP contribution is -2.01. The van der Waals surface area contributed by atoms with Gasteiger partial charge in [-0.05, 0) is 67.7 Å². The molecule has 0 aliphatic carbocycles. The van der Waals surface area contributed by atoms with Crippen LogP contribution >= 0.6 is 0 Å². The zero-order chi connectivity index (χ0) is 21.6. The van der Waals surface area contributed by atoms with Crippen LogP contribution in [0.4, 0.5) is 8.78 Å². The molecule has 1 rings (SSSR count). The molecule has 5 heteroatoms. The second-order valence-corrected chi connectivity index (χ2v) is 6.92. The van der Waals surface area contributed by atoms with E-state index >= 15 is 0 Å². The Morgan fingerprint density at radius 3 is 2.69 bits per heavy atom. The fourth-order valence-electron chi connectivity index (χ4n) is 2.78. The van der Waals surface area contributed by atoms with Gasteiger partial charge < -0.3 is 0 Å². The van der Waals surface area contributed by atoms with Crippen molar-refractivity contribution in [3.63, 3.8) is 0 Å². The van der Waals surface area contributed by atoms with Gasteiger partial charge in [0.15, 0.2) is 0 Å². The first-order chi connectivity index (χ1) is 13.9. The van der Waals surface area contributed by atoms with Crippen LogP contribution in [0.3, 0.4) is 0 Å². The first kappa shape index (κ1) is 24.3. The van der Waals surface area contributed by atoms with Crippen molar-refractivity contribution >= 4 is 19.1 Å². The fraction of sp³-hybridized carbons (Fsp3) is 0.375. The van der Waals surface area contributed by atoms with Gasteiger partial charge in [0.1, 0.15) is 0 Å². The molecule has 3 nitrogen and oxygen atoms in total. The van der Waals surface area contributed by atoms with E-state index in [4.69, 9.17) is 0 Å². The molecule has 1 aromatic rings. The number of halogens is 2. The van der Waals surface area contributed by atoms with Crippen LogP contribution in [0.2, 0.25) is 0 Å². The van der Waals surface area contributed by atoms with Crippen molar-refractivity contribution in [2.45, 2.75) is 52.4 Å². The molecule has 0 aromatic heterocycles. The van der Waals surface area contributed by atoms with Crippen molar-refractivity contribution in [3.05, 3.63) is 71.1 Å². The smallest absolute Gasteiger partial charge is 0.239 e. The molecule has 0 bridgehead atoms. The second-order valence-electron chi connectivity index (χ2n) is 6.92. The monoisotopic (exact) mass is 399 g/mol. The molecular weight excluding hydrogens is 368 g/mol. The predicted octanol–water partition coefficient (Wildman–Crippen LogP) is 6.50. The molecule has 156 valence electrons. The third-order valence-electron chi connectivity index (χ3n) is 4.56. The van der Waals surface area contributed by atoms with Crippen molar-refractivity contribution in [2.75, 3.05) is 6.54 Å². The van der Waals surface area contributed by atoms with Gasteiger partial charge in [-0.3, -0.25) is 15.0 Å². The number of benzene rings is 1. The molecular formula is C24H31F2N3. The van der Waals surface area contributed by atoms with Gasteiger partial charge >= 0.3 is 0 Å². The van der Waals surface area contributed by atoms with Gasteiger partial charge in [-0.15, -0.1) is 0 Å². The Hall–Kier alpha value is -2.69. The summed E-state index contributed by atoms with van der Waals surface area (Å²) in [5.41, 5.74) is 4.96. The number of rotatable bonds is 12. The summed E-state index contributed by atoms with van der Waals surface area (Å²) in [7, 11) is 0. The average Bonchev–Trinajstić information content (AvgIpc) is 2.69. The van der Waals surface area contributed by atoms with Crippen molar-refractivity contribution in [2.24, 2.45) is 15.0 Å². The highest BCUT2D eigenvalue weighted by atomic mass is 19.3. The first-order valence-electron chi connectivity index (χ1n) is 9.72. The van der Waals surface area contributed by atoms with E-state index in [1.807, 2.05) is 32.2 Å². The minimum atomic E-state index is -2.27. The van der Waals surface area contributed by atoms with Gasteiger partial charge in [0, 0.05) is 25.0 Å². The Kier molecular flexibility index (Phi) is 11.3. The van der Waals surface area contributed by atoms with Gasteiger partial charge in [0.05, 0.1) is 12.2 Å². The summed E-state index contributed by atoms with van der Waals surface area (Å²) in [5.74, 6) is 0.251. The fourth-order valence-corrected chi connectivity index (χ4v) is 2.78. The van der Waals surface area contributed by atoms with Crippen LogP contribution < -0.4 is 0 Å². The van der Waals surface area contributed by atoms with Gasteiger partial charge in [0.25, 0.3) is 0 Å². The number of alkyl halides is 2. The summed E-state index contributed by atoms with van der Waals surface area (Å²) in [5, 5.41) is 0. The number of hydrogen-bond donors (Lipinski definition) is 0. The highest BCUT2D eigenvalue weighted by Crippen LogP contribution is 2.26. The Morgan fingerprint density at radius 1 is 1.28 bits per heavy atom. The number of allylic oxidation sites excluding steroid dienone is 3. The SMILES string of the molecule is C=N/C=C\C=NCC(=C)N=C/C(=C\C)CC(C)c1ccc(C)c(CCC(F)F)c1. The average molecular weight is 400 g/mol. The van der Waals surface area contributed by atoms with E-state index in [0.29, 0.717) is 18.7 Å². The van der Waals surface area contributed by atoms with E-state index in [9.17, 15) is 8.78 Å². The van der Waals surface area contributed by atoms with Crippen LogP contribution in [0, 0.1) is 6.92 Å². The molecule has 0 saturated heterocycles. The minimum Gasteiger partial charge on any atom is -0.287 e. The molecule has 29 heavy (non-hydrogen) atoms. The summed E-state index contributed by atoms with van der Waals surface area (Å²) in [4.78, 5) is 12.2. The summed E-state index contributed by atoms with van der Waals surface area (Å²) >= 11 is 0. The van der Waals surface area contributed by atoms with Crippen LogP contribution in [0.1, 0.15) is 49.3 Å². The van der Waals surface area contributed by atoms with E-state index in [1.165, 1.54) is 0 Å². The lowest BCUT2D eigenvalue weighted by atomic mass is 9.90. The Labute approximate surface area is 173 Å². The first-order valence-corrected chi connectivity index (χ1v) is 9.72. The highest BCUT2D eigenvalue weighted by molar-refractivity contribution is 5.79. The second kappa shape index (κ2) is 13.5. The van der Waals surface area contributed by atoms with Crippen molar-refractivity contribution in [3.8, 4) is 0 Å². The summed E-state index contributed by atoms with van der Waals surface area (Å²) in [6, 6.07) is 6.16.